The average Bonchev–Trinajstić information content (AvgIpc) is 2.37. The molecule has 0 saturated heterocycles. The lowest BCUT2D eigenvalue weighted by Crippen LogP contribution is -2.04. The highest BCUT2D eigenvalue weighted by Crippen LogP contribution is 2.20. The van der Waals surface area contributed by atoms with Crippen LogP contribution in [0.2, 0.25) is 5.15 Å². The van der Waals surface area contributed by atoms with Gasteiger partial charge in [-0.05, 0) is 6.92 Å². The number of pyridine rings is 1. The summed E-state index contributed by atoms with van der Waals surface area (Å²) in [4.78, 5) is 22.4. The molecule has 0 aromatic carbocycles. The van der Waals surface area contributed by atoms with Crippen molar-refractivity contribution in [3.63, 3.8) is 0 Å². The van der Waals surface area contributed by atoms with Crippen LogP contribution < -0.4 is 5.32 Å². The molecule has 2 rings (SSSR count). The van der Waals surface area contributed by atoms with E-state index in [0.29, 0.717) is 18.1 Å². The number of nitrogens with zero attached hydrogens (tertiary/aromatic N) is 4. The fourth-order valence-electron chi connectivity index (χ4n) is 1.37. The van der Waals surface area contributed by atoms with Crippen LogP contribution in [0.3, 0.4) is 0 Å². The predicted octanol–water partition coefficient (Wildman–Crippen LogP) is 2.35. The molecule has 0 aliphatic heterocycles. The summed E-state index contributed by atoms with van der Waals surface area (Å²) in [5, 5.41) is 13.7. The van der Waals surface area contributed by atoms with E-state index in [2.05, 4.69) is 20.3 Å². The molecule has 0 radical (unpaired) electrons. The van der Waals surface area contributed by atoms with Crippen LogP contribution >= 0.6 is 11.6 Å². The van der Waals surface area contributed by atoms with Gasteiger partial charge < -0.3 is 5.32 Å². The normalized spacial score (nSPS) is 10.2. The number of aromatic nitrogens is 3. The van der Waals surface area contributed by atoms with Gasteiger partial charge in [0, 0.05) is 6.20 Å². The Morgan fingerprint density at radius 1 is 1.37 bits per heavy atom. The Kier molecular flexibility index (Phi) is 3.86. The van der Waals surface area contributed by atoms with E-state index in [1.165, 1.54) is 12.1 Å². The maximum atomic E-state index is 10.7. The zero-order valence-electron chi connectivity index (χ0n) is 10.00. The van der Waals surface area contributed by atoms with E-state index in [9.17, 15) is 10.1 Å². The molecule has 19 heavy (non-hydrogen) atoms. The minimum Gasteiger partial charge on any atom is -0.364 e. The molecule has 2 aromatic heterocycles. The van der Waals surface area contributed by atoms with E-state index in [1.807, 2.05) is 6.92 Å². The first-order chi connectivity index (χ1) is 9.04. The molecule has 2 aromatic rings. The zero-order valence-corrected chi connectivity index (χ0v) is 10.8. The first kappa shape index (κ1) is 13.2. The predicted molar refractivity (Wildman–Crippen MR) is 70.0 cm³/mol. The molecule has 98 valence electrons. The quantitative estimate of drug-likeness (QED) is 0.524. The Balaban J connectivity index is 2.11. The van der Waals surface area contributed by atoms with Gasteiger partial charge in [-0.2, -0.15) is 0 Å². The Morgan fingerprint density at radius 2 is 2.16 bits per heavy atom. The summed E-state index contributed by atoms with van der Waals surface area (Å²) < 4.78 is 0. The molecule has 1 N–H and O–H groups in total. The molecule has 0 unspecified atom stereocenters. The molecule has 0 amide bonds. The van der Waals surface area contributed by atoms with Crippen molar-refractivity contribution in [1.29, 1.82) is 0 Å². The van der Waals surface area contributed by atoms with Gasteiger partial charge in [0.05, 0.1) is 41.2 Å². The van der Waals surface area contributed by atoms with Crippen molar-refractivity contribution in [1.82, 2.24) is 15.0 Å². The SMILES string of the molecule is Cc1cnc(CNc2cc([N+](=O)[O-])cc(Cl)n2)cn1. The topological polar surface area (TPSA) is 93.8 Å². The third-order valence-electron chi connectivity index (χ3n) is 2.27. The molecule has 0 atom stereocenters. The van der Waals surface area contributed by atoms with Gasteiger partial charge >= 0.3 is 0 Å². The van der Waals surface area contributed by atoms with E-state index in [1.54, 1.807) is 12.4 Å². The summed E-state index contributed by atoms with van der Waals surface area (Å²) in [6.45, 7) is 2.20. The summed E-state index contributed by atoms with van der Waals surface area (Å²) in [6.07, 6.45) is 3.27. The fourth-order valence-corrected chi connectivity index (χ4v) is 1.57. The van der Waals surface area contributed by atoms with Crippen molar-refractivity contribution in [2.24, 2.45) is 0 Å². The largest absolute Gasteiger partial charge is 0.364 e. The van der Waals surface area contributed by atoms with E-state index >= 15 is 0 Å². The third kappa shape index (κ3) is 3.59. The highest BCUT2D eigenvalue weighted by Gasteiger charge is 2.10. The molecule has 0 saturated carbocycles. The van der Waals surface area contributed by atoms with Crippen LogP contribution in [0.15, 0.2) is 24.5 Å². The first-order valence-corrected chi connectivity index (χ1v) is 5.76. The summed E-state index contributed by atoms with van der Waals surface area (Å²) in [5.74, 6) is 0.321. The number of hydrogen-bond acceptors (Lipinski definition) is 6. The van der Waals surface area contributed by atoms with Crippen LogP contribution in [0.5, 0.6) is 0 Å². The van der Waals surface area contributed by atoms with Gasteiger partial charge in [-0.25, -0.2) is 4.98 Å². The fraction of sp³-hybridized carbons (Fsp3) is 0.182. The number of nitrogens with one attached hydrogen (secondary N) is 1. The van der Waals surface area contributed by atoms with Crippen LogP contribution in [0.25, 0.3) is 0 Å². The summed E-state index contributed by atoms with van der Waals surface area (Å²) in [7, 11) is 0. The Hall–Kier alpha value is -2.28. The van der Waals surface area contributed by atoms with Gasteiger partial charge in [-0.3, -0.25) is 20.1 Å². The van der Waals surface area contributed by atoms with Crippen molar-refractivity contribution < 1.29 is 4.92 Å². The van der Waals surface area contributed by atoms with E-state index in [0.717, 1.165) is 5.69 Å². The summed E-state index contributed by atoms with van der Waals surface area (Å²) in [6, 6.07) is 2.51. The van der Waals surface area contributed by atoms with E-state index in [4.69, 9.17) is 11.6 Å². The smallest absolute Gasteiger partial charge is 0.276 e. The van der Waals surface area contributed by atoms with Crippen molar-refractivity contribution in [3.8, 4) is 0 Å². The highest BCUT2D eigenvalue weighted by molar-refractivity contribution is 6.29. The van der Waals surface area contributed by atoms with Crippen molar-refractivity contribution in [3.05, 3.63) is 51.2 Å². The van der Waals surface area contributed by atoms with Crippen LogP contribution in [0, 0.1) is 17.0 Å². The zero-order chi connectivity index (χ0) is 13.8. The molecular weight excluding hydrogens is 270 g/mol. The number of halogens is 1. The Bertz CT molecular complexity index is 603. The van der Waals surface area contributed by atoms with Gasteiger partial charge in [0.25, 0.3) is 5.69 Å². The lowest BCUT2D eigenvalue weighted by Gasteiger charge is -2.05. The van der Waals surface area contributed by atoms with Crippen LogP contribution in [0.1, 0.15) is 11.4 Å². The molecule has 0 fully saturated rings. The Labute approximate surface area is 113 Å². The molecule has 8 heteroatoms. The number of nitro groups is 1. The summed E-state index contributed by atoms with van der Waals surface area (Å²) in [5.41, 5.74) is 1.41. The number of hydrogen-bond donors (Lipinski definition) is 1. The molecule has 0 aliphatic carbocycles. The average molecular weight is 280 g/mol. The van der Waals surface area contributed by atoms with Gasteiger partial charge in [0.1, 0.15) is 11.0 Å². The number of rotatable bonds is 4. The Morgan fingerprint density at radius 3 is 2.79 bits per heavy atom. The second-order valence-electron chi connectivity index (χ2n) is 3.79. The lowest BCUT2D eigenvalue weighted by atomic mass is 10.3. The molecule has 0 aliphatic rings. The van der Waals surface area contributed by atoms with Crippen molar-refractivity contribution in [2.45, 2.75) is 13.5 Å². The highest BCUT2D eigenvalue weighted by atomic mass is 35.5. The van der Waals surface area contributed by atoms with Gasteiger partial charge in [0.15, 0.2) is 0 Å². The molecule has 2 heterocycles. The van der Waals surface area contributed by atoms with Gasteiger partial charge in [0.2, 0.25) is 0 Å². The molecule has 0 bridgehead atoms. The maximum absolute atomic E-state index is 10.7. The summed E-state index contributed by atoms with van der Waals surface area (Å²) >= 11 is 5.71. The van der Waals surface area contributed by atoms with Crippen molar-refractivity contribution in [2.75, 3.05) is 5.32 Å². The van der Waals surface area contributed by atoms with Gasteiger partial charge in [-0.15, -0.1) is 0 Å². The number of aryl methyl sites for hydroxylation is 1. The second kappa shape index (κ2) is 5.57. The van der Waals surface area contributed by atoms with E-state index < -0.39 is 4.92 Å². The molecule has 0 spiro atoms. The minimum atomic E-state index is -0.523. The lowest BCUT2D eigenvalue weighted by molar-refractivity contribution is -0.384. The van der Waals surface area contributed by atoms with Gasteiger partial charge in [-0.1, -0.05) is 11.6 Å². The maximum Gasteiger partial charge on any atom is 0.276 e. The number of anilines is 1. The standard InChI is InChI=1S/C11H10ClN5O2/c1-7-4-14-8(5-13-7)6-15-11-3-9(17(18)19)2-10(12)16-11/h2-5H,6H2,1H3,(H,15,16). The van der Waals surface area contributed by atoms with Crippen LogP contribution in [-0.2, 0) is 6.54 Å². The first-order valence-electron chi connectivity index (χ1n) is 5.38. The minimum absolute atomic E-state index is 0.0618. The third-order valence-corrected chi connectivity index (χ3v) is 2.47. The molecule has 7 nitrogen and oxygen atoms in total. The van der Waals surface area contributed by atoms with Crippen LogP contribution in [-0.4, -0.2) is 19.9 Å². The van der Waals surface area contributed by atoms with E-state index in [-0.39, 0.29) is 10.8 Å². The second-order valence-corrected chi connectivity index (χ2v) is 4.18. The van der Waals surface area contributed by atoms with Crippen molar-refractivity contribution >= 4 is 23.1 Å². The van der Waals surface area contributed by atoms with Crippen LogP contribution in [0.4, 0.5) is 11.5 Å². The molecular formula is C11H10ClN5O2. The monoisotopic (exact) mass is 279 g/mol.